The molecule has 1 amide bonds. The Morgan fingerprint density at radius 2 is 1.74 bits per heavy atom. The second-order valence-corrected chi connectivity index (χ2v) is 11.5. The van der Waals surface area contributed by atoms with Crippen molar-refractivity contribution in [2.24, 2.45) is 0 Å². The molecule has 1 aromatic heterocycles. The molecule has 1 spiro atoms. The number of hydrogen-bond acceptors (Lipinski definition) is 2. The molecule has 2 aliphatic rings. The topological polar surface area (TPSA) is 39.3 Å². The zero-order valence-corrected chi connectivity index (χ0v) is 22.7. The van der Waals surface area contributed by atoms with E-state index in [0.717, 1.165) is 48.7 Å². The Kier molecular flexibility index (Phi) is 6.32. The van der Waals surface area contributed by atoms with Crippen LogP contribution in [0.15, 0.2) is 72.8 Å². The first kappa shape index (κ1) is 25.1. The molecule has 2 heterocycles. The maximum atomic E-state index is 14.3. The van der Waals surface area contributed by atoms with E-state index < -0.39 is 5.54 Å². The first-order valence-corrected chi connectivity index (χ1v) is 13.8. The Labute approximate surface area is 228 Å². The fourth-order valence-electron chi connectivity index (χ4n) is 7.03. The minimum Gasteiger partial charge on any atom is -0.356 e. The van der Waals surface area contributed by atoms with Gasteiger partial charge in [0.2, 0.25) is 5.91 Å². The monoisotopic (exact) mass is 529 g/mol. The van der Waals surface area contributed by atoms with Crippen LogP contribution in [0.5, 0.6) is 0 Å². The number of carbonyl (C=O) groups excluding carboxylic acids is 1. The number of rotatable bonds is 4. The summed E-state index contributed by atoms with van der Waals surface area (Å²) >= 11 is 6.09. The minimum absolute atomic E-state index is 0.139. The lowest BCUT2D eigenvalue weighted by molar-refractivity contribution is -0.142. The van der Waals surface area contributed by atoms with E-state index in [-0.39, 0.29) is 17.3 Å². The second kappa shape index (κ2) is 9.55. The van der Waals surface area contributed by atoms with E-state index in [4.69, 9.17) is 11.6 Å². The fraction of sp³-hybridized carbons (Fsp3) is 0.344. The molecule has 4 nitrogen and oxygen atoms in total. The number of carbonyl (C=O) groups is 1. The van der Waals surface area contributed by atoms with Gasteiger partial charge in [-0.25, -0.2) is 4.39 Å². The molecule has 1 aliphatic carbocycles. The number of aromatic amines is 1. The van der Waals surface area contributed by atoms with Crippen LogP contribution in [-0.4, -0.2) is 41.3 Å². The molecular weight excluding hydrogens is 497 g/mol. The van der Waals surface area contributed by atoms with Gasteiger partial charge < -0.3 is 9.88 Å². The van der Waals surface area contributed by atoms with Gasteiger partial charge in [0.15, 0.2) is 0 Å². The molecule has 196 valence electrons. The van der Waals surface area contributed by atoms with E-state index in [1.165, 1.54) is 22.7 Å². The standard InChI is InChI=1S/C32H33ClFN3O/c1-36(2)31(23-6-5-7-25(34)21-23)15-17-32(18-16-31)30-27(26-8-3-4-9-28(26)35-30)14-19-37(32)29(38)20-22-10-12-24(33)13-11-22/h3-13,21,35H,14-20H2,1-2H3. The van der Waals surface area contributed by atoms with Crippen LogP contribution in [0, 0.1) is 5.82 Å². The number of nitrogens with one attached hydrogen (secondary N) is 1. The molecule has 1 saturated carbocycles. The molecule has 0 bridgehead atoms. The molecule has 1 N–H and O–H groups in total. The molecule has 0 radical (unpaired) electrons. The summed E-state index contributed by atoms with van der Waals surface area (Å²) < 4.78 is 14.3. The van der Waals surface area contributed by atoms with Gasteiger partial charge in [-0.15, -0.1) is 0 Å². The minimum atomic E-state index is -0.428. The fourth-order valence-corrected chi connectivity index (χ4v) is 7.16. The molecule has 1 aliphatic heterocycles. The highest BCUT2D eigenvalue weighted by molar-refractivity contribution is 6.30. The lowest BCUT2D eigenvalue weighted by atomic mass is 9.65. The van der Waals surface area contributed by atoms with Gasteiger partial charge in [0, 0.05) is 33.7 Å². The number of fused-ring (bicyclic) bond motifs is 4. The predicted molar refractivity (Wildman–Crippen MR) is 151 cm³/mol. The van der Waals surface area contributed by atoms with Crippen molar-refractivity contribution < 1.29 is 9.18 Å². The van der Waals surface area contributed by atoms with Gasteiger partial charge in [0.1, 0.15) is 5.82 Å². The van der Waals surface area contributed by atoms with Crippen LogP contribution in [0.4, 0.5) is 4.39 Å². The molecule has 4 aromatic rings. The van der Waals surface area contributed by atoms with E-state index in [2.05, 4.69) is 53.1 Å². The SMILES string of the molecule is CN(C)C1(c2cccc(F)c2)CCC2(CC1)c1[nH]c3ccccc3c1CCN2C(=O)Cc1ccc(Cl)cc1. The number of H-pyrrole nitrogens is 1. The Hall–Kier alpha value is -3.15. The van der Waals surface area contributed by atoms with Crippen molar-refractivity contribution in [2.45, 2.75) is 49.6 Å². The van der Waals surface area contributed by atoms with E-state index in [9.17, 15) is 9.18 Å². The van der Waals surface area contributed by atoms with Gasteiger partial charge in [-0.3, -0.25) is 9.69 Å². The van der Waals surface area contributed by atoms with Crippen LogP contribution < -0.4 is 0 Å². The Morgan fingerprint density at radius 1 is 1.00 bits per heavy atom. The summed E-state index contributed by atoms with van der Waals surface area (Å²) in [6, 6.07) is 23.0. The molecule has 1 fully saturated rings. The van der Waals surface area contributed by atoms with Gasteiger partial charge >= 0.3 is 0 Å². The van der Waals surface area contributed by atoms with Gasteiger partial charge in [0.25, 0.3) is 0 Å². The van der Waals surface area contributed by atoms with Crippen molar-refractivity contribution in [3.8, 4) is 0 Å². The van der Waals surface area contributed by atoms with Crippen molar-refractivity contribution in [3.63, 3.8) is 0 Å². The average molecular weight is 530 g/mol. The van der Waals surface area contributed by atoms with Gasteiger partial charge in [-0.2, -0.15) is 0 Å². The Morgan fingerprint density at radius 3 is 2.45 bits per heavy atom. The van der Waals surface area contributed by atoms with Crippen LogP contribution in [0.2, 0.25) is 5.02 Å². The summed E-state index contributed by atoms with van der Waals surface area (Å²) in [6.07, 6.45) is 4.42. The lowest BCUT2D eigenvalue weighted by Crippen LogP contribution is -2.58. The van der Waals surface area contributed by atoms with Gasteiger partial charge in [-0.05, 0) is 93.2 Å². The number of nitrogens with zero attached hydrogens (tertiary/aromatic N) is 2. The van der Waals surface area contributed by atoms with E-state index in [1.807, 2.05) is 30.3 Å². The molecule has 6 rings (SSSR count). The maximum absolute atomic E-state index is 14.3. The number of hydrogen-bond donors (Lipinski definition) is 1. The summed E-state index contributed by atoms with van der Waals surface area (Å²) in [5.41, 5.74) is 4.89. The van der Waals surface area contributed by atoms with Gasteiger partial charge in [-0.1, -0.05) is 54.1 Å². The quantitative estimate of drug-likeness (QED) is 0.315. The highest BCUT2D eigenvalue weighted by atomic mass is 35.5. The molecule has 38 heavy (non-hydrogen) atoms. The van der Waals surface area contributed by atoms with Crippen molar-refractivity contribution in [3.05, 3.63) is 106 Å². The zero-order chi connectivity index (χ0) is 26.5. The predicted octanol–water partition coefficient (Wildman–Crippen LogP) is 6.81. The molecular formula is C32H33ClFN3O. The molecule has 3 aromatic carbocycles. The lowest BCUT2D eigenvalue weighted by Gasteiger charge is -2.55. The van der Waals surface area contributed by atoms with E-state index in [1.54, 1.807) is 12.1 Å². The third-order valence-electron chi connectivity index (χ3n) is 9.07. The van der Waals surface area contributed by atoms with Crippen LogP contribution >= 0.6 is 11.6 Å². The van der Waals surface area contributed by atoms with Crippen LogP contribution in [0.25, 0.3) is 10.9 Å². The summed E-state index contributed by atoms with van der Waals surface area (Å²) in [5.74, 6) is -0.0703. The number of para-hydroxylation sites is 1. The average Bonchev–Trinajstić information content (AvgIpc) is 3.30. The Bertz CT molecular complexity index is 1480. The normalized spacial score (nSPS) is 23.2. The van der Waals surface area contributed by atoms with Crippen LogP contribution in [0.1, 0.15) is 48.1 Å². The number of benzene rings is 3. The highest BCUT2D eigenvalue weighted by Gasteiger charge is 2.52. The van der Waals surface area contributed by atoms with Crippen molar-refractivity contribution in [1.82, 2.24) is 14.8 Å². The van der Waals surface area contributed by atoms with Crippen molar-refractivity contribution >= 4 is 28.4 Å². The van der Waals surface area contributed by atoms with Crippen LogP contribution in [-0.2, 0) is 28.7 Å². The third-order valence-corrected chi connectivity index (χ3v) is 9.33. The molecule has 0 unspecified atom stereocenters. The third kappa shape index (κ3) is 4.04. The number of amides is 1. The van der Waals surface area contributed by atoms with Crippen LogP contribution in [0.3, 0.4) is 0 Å². The van der Waals surface area contributed by atoms with E-state index in [0.29, 0.717) is 18.0 Å². The van der Waals surface area contributed by atoms with Gasteiger partial charge in [0.05, 0.1) is 12.0 Å². The summed E-state index contributed by atoms with van der Waals surface area (Å²) in [7, 11) is 4.17. The smallest absolute Gasteiger partial charge is 0.227 e. The summed E-state index contributed by atoms with van der Waals surface area (Å²) in [6.45, 7) is 0.691. The maximum Gasteiger partial charge on any atom is 0.227 e. The number of halogens is 2. The zero-order valence-electron chi connectivity index (χ0n) is 21.9. The van der Waals surface area contributed by atoms with E-state index >= 15 is 0 Å². The Balaban J connectivity index is 1.41. The second-order valence-electron chi connectivity index (χ2n) is 11.1. The number of aromatic nitrogens is 1. The summed E-state index contributed by atoms with van der Waals surface area (Å²) in [5, 5.41) is 1.92. The summed E-state index contributed by atoms with van der Waals surface area (Å²) in [4.78, 5) is 22.1. The van der Waals surface area contributed by atoms with Crippen molar-refractivity contribution in [2.75, 3.05) is 20.6 Å². The molecule has 0 atom stereocenters. The molecule has 0 saturated heterocycles. The first-order valence-electron chi connectivity index (χ1n) is 13.4. The highest BCUT2D eigenvalue weighted by Crippen LogP contribution is 2.53. The first-order chi connectivity index (χ1) is 18.3. The largest absolute Gasteiger partial charge is 0.356 e. The van der Waals surface area contributed by atoms with Crippen molar-refractivity contribution in [1.29, 1.82) is 0 Å². The molecule has 6 heteroatoms.